The third-order valence-corrected chi connectivity index (χ3v) is 8.07. The van der Waals surface area contributed by atoms with Gasteiger partial charge in [0.1, 0.15) is 17.3 Å². The Morgan fingerprint density at radius 2 is 1.88 bits per heavy atom. The third-order valence-electron chi connectivity index (χ3n) is 7.27. The predicted molar refractivity (Wildman–Crippen MR) is 151 cm³/mol. The Labute approximate surface area is 239 Å². The molecule has 1 fully saturated rings. The smallest absolute Gasteiger partial charge is 0.284 e. The highest BCUT2D eigenvalue weighted by molar-refractivity contribution is 7.77. The Morgan fingerprint density at radius 3 is 2.55 bits per heavy atom. The zero-order chi connectivity index (χ0) is 29.7. The second-order valence-corrected chi connectivity index (χ2v) is 10.6. The summed E-state index contributed by atoms with van der Waals surface area (Å²) in [6.07, 6.45) is 2.49. The van der Waals surface area contributed by atoms with Crippen LogP contribution in [-0.2, 0) is 17.8 Å². The first-order valence-electron chi connectivity index (χ1n) is 12.8. The lowest BCUT2D eigenvalue weighted by atomic mass is 9.97. The zero-order valence-electron chi connectivity index (χ0n) is 22.0. The van der Waals surface area contributed by atoms with E-state index in [4.69, 9.17) is 4.74 Å². The first-order chi connectivity index (χ1) is 20.2. The Bertz CT molecular complexity index is 1940. The average molecular weight is 593 g/mol. The first-order valence-corrected chi connectivity index (χ1v) is 13.9. The standard InChI is InChI=1S/C29H22F2N4O6S/c1-41-28-21(7-4-12-32-28)26-25-20-6-3-2-5-19(20)23(31)14-24(25)33(15-16-13-18(35(37)38)10-11-22(16)30)27(26)29(36)34(42(39)40)17-8-9-17/h2-7,10-14,17H,8-9,15H2,1H3,(H,39,40). The molecule has 0 aliphatic heterocycles. The predicted octanol–water partition coefficient (Wildman–Crippen LogP) is 5.84. The zero-order valence-corrected chi connectivity index (χ0v) is 22.8. The molecule has 0 bridgehead atoms. The van der Waals surface area contributed by atoms with E-state index >= 15 is 8.78 Å². The van der Waals surface area contributed by atoms with E-state index < -0.39 is 46.3 Å². The molecule has 42 heavy (non-hydrogen) atoms. The molecule has 3 aromatic carbocycles. The molecule has 1 atom stereocenters. The van der Waals surface area contributed by atoms with Crippen molar-refractivity contribution in [2.24, 2.45) is 0 Å². The van der Waals surface area contributed by atoms with Crippen molar-refractivity contribution in [3.8, 4) is 17.0 Å². The maximum Gasteiger partial charge on any atom is 0.284 e. The minimum Gasteiger partial charge on any atom is -0.481 e. The summed E-state index contributed by atoms with van der Waals surface area (Å²) in [7, 11) is 1.39. The van der Waals surface area contributed by atoms with Crippen LogP contribution in [0.3, 0.4) is 0 Å². The van der Waals surface area contributed by atoms with E-state index in [1.54, 1.807) is 36.4 Å². The quantitative estimate of drug-likeness (QED) is 0.136. The summed E-state index contributed by atoms with van der Waals surface area (Å²) in [5.74, 6) is -2.13. The van der Waals surface area contributed by atoms with Gasteiger partial charge in [-0.05, 0) is 42.5 Å². The van der Waals surface area contributed by atoms with Crippen molar-refractivity contribution in [2.75, 3.05) is 7.11 Å². The van der Waals surface area contributed by atoms with Gasteiger partial charge in [-0.3, -0.25) is 19.5 Å². The number of fused-ring (bicyclic) bond motifs is 3. The highest BCUT2D eigenvalue weighted by Crippen LogP contribution is 2.44. The van der Waals surface area contributed by atoms with Gasteiger partial charge in [-0.15, -0.1) is 0 Å². The normalized spacial score (nSPS) is 13.8. The Morgan fingerprint density at radius 1 is 1.14 bits per heavy atom. The number of hydrogen-bond acceptors (Lipinski definition) is 6. The van der Waals surface area contributed by atoms with Gasteiger partial charge in [0, 0.05) is 51.8 Å². The molecule has 214 valence electrons. The maximum absolute atomic E-state index is 15.6. The number of ether oxygens (including phenoxy) is 1. The molecule has 6 rings (SSSR count). The number of rotatable bonds is 8. The van der Waals surface area contributed by atoms with E-state index in [0.717, 1.165) is 22.5 Å². The molecule has 1 unspecified atom stereocenters. The van der Waals surface area contributed by atoms with Crippen LogP contribution in [0.4, 0.5) is 14.5 Å². The number of carbonyl (C=O) groups excluding carboxylic acids is 1. The molecule has 1 N–H and O–H groups in total. The lowest BCUT2D eigenvalue weighted by molar-refractivity contribution is -0.385. The number of methoxy groups -OCH3 is 1. The fourth-order valence-corrected chi connectivity index (χ4v) is 6.00. The van der Waals surface area contributed by atoms with Crippen molar-refractivity contribution in [1.29, 1.82) is 0 Å². The summed E-state index contributed by atoms with van der Waals surface area (Å²) in [5, 5.41) is 12.5. The van der Waals surface area contributed by atoms with Gasteiger partial charge in [0.05, 0.1) is 24.1 Å². The number of pyridine rings is 1. The van der Waals surface area contributed by atoms with E-state index in [9.17, 15) is 23.7 Å². The number of halogens is 2. The van der Waals surface area contributed by atoms with Crippen molar-refractivity contribution in [1.82, 2.24) is 13.9 Å². The Hall–Kier alpha value is -4.75. The summed E-state index contributed by atoms with van der Waals surface area (Å²) in [6.45, 7) is -0.429. The highest BCUT2D eigenvalue weighted by Gasteiger charge is 2.40. The van der Waals surface area contributed by atoms with Crippen molar-refractivity contribution in [3.63, 3.8) is 0 Å². The molecule has 1 aliphatic rings. The molecule has 2 aromatic heterocycles. The number of amides is 1. The van der Waals surface area contributed by atoms with E-state index in [2.05, 4.69) is 4.98 Å². The molecule has 0 spiro atoms. The number of non-ortho nitro benzene ring substituents is 1. The van der Waals surface area contributed by atoms with Crippen LogP contribution in [0.25, 0.3) is 32.8 Å². The molecule has 10 nitrogen and oxygen atoms in total. The van der Waals surface area contributed by atoms with Crippen molar-refractivity contribution < 1.29 is 32.0 Å². The minimum atomic E-state index is -2.71. The number of nitro benzene ring substituents is 1. The van der Waals surface area contributed by atoms with Gasteiger partial charge < -0.3 is 9.30 Å². The number of hydrogen-bond donors (Lipinski definition) is 1. The van der Waals surface area contributed by atoms with Crippen molar-refractivity contribution >= 4 is 44.5 Å². The SMILES string of the molecule is COc1ncccc1-c1c(C(=O)N(C2CC2)S(=O)O)n(Cc2cc([N+](=O)[O-])ccc2F)c2cc(F)c3ccccc3c12. The summed E-state index contributed by atoms with van der Waals surface area (Å²) in [6, 6.07) is 13.6. The largest absolute Gasteiger partial charge is 0.481 e. The highest BCUT2D eigenvalue weighted by atomic mass is 32.2. The van der Waals surface area contributed by atoms with Crippen LogP contribution >= 0.6 is 0 Å². The number of aromatic nitrogens is 2. The molecule has 1 amide bonds. The van der Waals surface area contributed by atoms with Crippen LogP contribution in [-0.4, -0.2) is 46.6 Å². The van der Waals surface area contributed by atoms with Gasteiger partial charge in [-0.2, -0.15) is 0 Å². The molecular formula is C29H22F2N4O6S. The monoisotopic (exact) mass is 592 g/mol. The fraction of sp³-hybridized carbons (Fsp3) is 0.172. The average Bonchev–Trinajstić information content (AvgIpc) is 3.75. The van der Waals surface area contributed by atoms with Gasteiger partial charge >= 0.3 is 0 Å². The van der Waals surface area contributed by atoms with Gasteiger partial charge in [-0.1, -0.05) is 24.3 Å². The Kier molecular flexibility index (Phi) is 6.91. The molecule has 2 heterocycles. The summed E-state index contributed by atoms with van der Waals surface area (Å²) in [5.41, 5.74) is 0.0723. The number of nitro groups is 1. The van der Waals surface area contributed by atoms with Crippen LogP contribution in [0.2, 0.25) is 0 Å². The van der Waals surface area contributed by atoms with E-state index in [1.807, 2.05) is 0 Å². The second kappa shape index (κ2) is 10.6. The summed E-state index contributed by atoms with van der Waals surface area (Å²) >= 11 is -2.71. The van der Waals surface area contributed by atoms with E-state index in [1.165, 1.54) is 23.9 Å². The molecule has 1 aliphatic carbocycles. The summed E-state index contributed by atoms with van der Waals surface area (Å²) in [4.78, 5) is 29.4. The fourth-order valence-electron chi connectivity index (χ4n) is 5.30. The van der Waals surface area contributed by atoms with Gasteiger partial charge in [0.25, 0.3) is 22.9 Å². The van der Waals surface area contributed by atoms with Crippen LogP contribution < -0.4 is 4.74 Å². The van der Waals surface area contributed by atoms with Crippen molar-refractivity contribution in [3.05, 3.63) is 99.9 Å². The minimum absolute atomic E-state index is 0.128. The molecule has 5 aromatic rings. The van der Waals surface area contributed by atoms with Crippen LogP contribution in [0.1, 0.15) is 28.9 Å². The number of benzene rings is 3. The number of carbonyl (C=O) groups is 1. The molecular weight excluding hydrogens is 570 g/mol. The van der Waals surface area contributed by atoms with Gasteiger partial charge in [-0.25, -0.2) is 22.3 Å². The summed E-state index contributed by atoms with van der Waals surface area (Å²) < 4.78 is 61.0. The van der Waals surface area contributed by atoms with E-state index in [0.29, 0.717) is 29.2 Å². The molecule has 0 saturated heterocycles. The van der Waals surface area contributed by atoms with E-state index in [-0.39, 0.29) is 39.3 Å². The first kappa shape index (κ1) is 27.4. The van der Waals surface area contributed by atoms with Gasteiger partial charge in [0.2, 0.25) is 5.88 Å². The van der Waals surface area contributed by atoms with Crippen molar-refractivity contribution in [2.45, 2.75) is 25.4 Å². The number of nitrogens with zero attached hydrogens (tertiary/aromatic N) is 4. The maximum atomic E-state index is 15.6. The topological polar surface area (TPSA) is 128 Å². The second-order valence-electron chi connectivity index (χ2n) is 9.79. The molecule has 1 saturated carbocycles. The third kappa shape index (κ3) is 4.56. The lowest BCUT2D eigenvalue weighted by Crippen LogP contribution is -2.36. The Balaban J connectivity index is 1.77. The lowest BCUT2D eigenvalue weighted by Gasteiger charge is -2.20. The molecule has 0 radical (unpaired) electrons. The van der Waals surface area contributed by atoms with Gasteiger partial charge in [0.15, 0.2) is 0 Å². The van der Waals surface area contributed by atoms with Crippen LogP contribution in [0, 0.1) is 21.7 Å². The molecule has 13 heteroatoms. The van der Waals surface area contributed by atoms with Crippen LogP contribution in [0.5, 0.6) is 5.88 Å². The van der Waals surface area contributed by atoms with Crippen LogP contribution in [0.15, 0.2) is 66.9 Å².